The summed E-state index contributed by atoms with van der Waals surface area (Å²) in [6.07, 6.45) is 3.51. The highest BCUT2D eigenvalue weighted by Crippen LogP contribution is 2.27. The van der Waals surface area contributed by atoms with E-state index in [0.29, 0.717) is 0 Å². The fraction of sp³-hybridized carbons (Fsp3) is 0.324. The zero-order valence-electron chi connectivity index (χ0n) is 24.4. The first kappa shape index (κ1) is 31.1. The van der Waals surface area contributed by atoms with Gasteiger partial charge >= 0.3 is 5.97 Å². The van der Waals surface area contributed by atoms with E-state index in [9.17, 15) is 19.5 Å². The Morgan fingerprint density at radius 1 is 0.902 bits per heavy atom. The van der Waals surface area contributed by atoms with Gasteiger partial charge in [0.05, 0.1) is 18.4 Å². The minimum absolute atomic E-state index is 0.207. The van der Waals surface area contributed by atoms with Crippen molar-refractivity contribution in [2.24, 2.45) is 11.3 Å². The fourth-order valence-electron chi connectivity index (χ4n) is 4.43. The zero-order chi connectivity index (χ0) is 30.0. The maximum Gasteiger partial charge on any atom is 0.304 e. The Morgan fingerprint density at radius 2 is 1.54 bits per heavy atom. The summed E-state index contributed by atoms with van der Waals surface area (Å²) in [5, 5.41) is 15.3. The highest BCUT2D eigenvalue weighted by atomic mass is 16.5. The molecule has 3 N–H and O–H groups in total. The summed E-state index contributed by atoms with van der Waals surface area (Å²) in [6.45, 7) is 9.43. The Hall–Kier alpha value is -4.39. The van der Waals surface area contributed by atoms with Gasteiger partial charge in [0.2, 0.25) is 11.8 Å². The Labute approximate surface area is 242 Å². The molecule has 0 aromatic heterocycles. The minimum Gasteiger partial charge on any atom is -0.481 e. The number of carboxylic acid groups (broad SMARTS) is 1. The van der Waals surface area contributed by atoms with Gasteiger partial charge < -0.3 is 20.5 Å². The summed E-state index contributed by atoms with van der Waals surface area (Å²) in [7, 11) is 0. The summed E-state index contributed by atoms with van der Waals surface area (Å²) in [5.74, 6) is -1.22. The molecule has 0 spiro atoms. The Kier molecular flexibility index (Phi) is 10.9. The third-order valence-electron chi connectivity index (χ3n) is 6.77. The van der Waals surface area contributed by atoms with Crippen molar-refractivity contribution in [2.75, 3.05) is 0 Å². The SMILES string of the molecule is Cc1cc(/C=C/C[C@H](CC(=O)O)C(=O)NC(C(=O)N[C@H](C)c2ccccc2)C(C)(C)C)ccc1Oc1ccccc1. The number of allylic oxidation sites excluding steroid dienone is 1. The lowest BCUT2D eigenvalue weighted by Gasteiger charge is -2.32. The number of rotatable bonds is 12. The van der Waals surface area contributed by atoms with E-state index in [1.165, 1.54) is 0 Å². The standard InChI is InChI=1S/C34H40N2O5/c1-23-21-25(19-20-29(23)41-28-17-10-7-11-18-28)13-12-16-27(22-30(37)38)32(39)36-31(34(3,4)5)33(40)35-24(2)26-14-8-6-9-15-26/h6-15,17-21,24,27,31H,16,22H2,1-5H3,(H,35,40)(H,36,39)(H,37,38)/b13-12+/t24-,27-,31?/m1/s1. The van der Waals surface area contributed by atoms with Gasteiger partial charge in [0.1, 0.15) is 17.5 Å². The number of benzene rings is 3. The normalized spacial score (nSPS) is 13.7. The van der Waals surface area contributed by atoms with Crippen molar-refractivity contribution in [3.05, 3.63) is 102 Å². The van der Waals surface area contributed by atoms with Gasteiger partial charge in [0.15, 0.2) is 0 Å². The lowest BCUT2D eigenvalue weighted by Crippen LogP contribution is -2.55. The highest BCUT2D eigenvalue weighted by molar-refractivity contribution is 5.90. The predicted molar refractivity (Wildman–Crippen MR) is 161 cm³/mol. The predicted octanol–water partition coefficient (Wildman–Crippen LogP) is 6.69. The molecule has 1 unspecified atom stereocenters. The monoisotopic (exact) mass is 556 g/mol. The average molecular weight is 557 g/mol. The van der Waals surface area contributed by atoms with Gasteiger partial charge in [0.25, 0.3) is 0 Å². The van der Waals surface area contributed by atoms with Crippen molar-refractivity contribution in [2.45, 2.75) is 59.5 Å². The molecule has 0 saturated carbocycles. The Morgan fingerprint density at radius 3 is 2.12 bits per heavy atom. The molecule has 41 heavy (non-hydrogen) atoms. The van der Waals surface area contributed by atoms with Crippen molar-refractivity contribution in [3.63, 3.8) is 0 Å². The van der Waals surface area contributed by atoms with Crippen LogP contribution in [0.5, 0.6) is 11.5 Å². The van der Waals surface area contributed by atoms with Crippen molar-refractivity contribution < 1.29 is 24.2 Å². The van der Waals surface area contributed by atoms with Gasteiger partial charge in [-0.3, -0.25) is 14.4 Å². The van der Waals surface area contributed by atoms with Gasteiger partial charge in [-0.25, -0.2) is 0 Å². The average Bonchev–Trinajstić information content (AvgIpc) is 2.92. The molecule has 0 aliphatic rings. The Bertz CT molecular complexity index is 1350. The molecule has 0 radical (unpaired) electrons. The topological polar surface area (TPSA) is 105 Å². The number of hydrogen-bond donors (Lipinski definition) is 3. The van der Waals surface area contributed by atoms with Crippen molar-refractivity contribution in [1.82, 2.24) is 10.6 Å². The second kappa shape index (κ2) is 14.3. The molecule has 0 aliphatic carbocycles. The van der Waals surface area contributed by atoms with E-state index in [1.54, 1.807) is 6.08 Å². The van der Waals surface area contributed by atoms with Gasteiger partial charge in [-0.05, 0) is 66.6 Å². The smallest absolute Gasteiger partial charge is 0.304 e. The Balaban J connectivity index is 1.68. The first-order chi connectivity index (χ1) is 19.4. The molecular formula is C34H40N2O5. The zero-order valence-corrected chi connectivity index (χ0v) is 24.4. The van der Waals surface area contributed by atoms with Crippen molar-refractivity contribution in [1.29, 1.82) is 0 Å². The molecule has 7 nitrogen and oxygen atoms in total. The lowest BCUT2D eigenvalue weighted by molar-refractivity contribution is -0.141. The number of nitrogens with one attached hydrogen (secondary N) is 2. The third-order valence-corrected chi connectivity index (χ3v) is 6.77. The molecular weight excluding hydrogens is 516 g/mol. The second-order valence-electron chi connectivity index (χ2n) is 11.3. The molecule has 3 aromatic carbocycles. The molecule has 7 heteroatoms. The van der Waals surface area contributed by atoms with Crippen LogP contribution in [0.25, 0.3) is 6.08 Å². The van der Waals surface area contributed by atoms with E-state index < -0.39 is 29.3 Å². The van der Waals surface area contributed by atoms with Crippen LogP contribution < -0.4 is 15.4 Å². The van der Waals surface area contributed by atoms with Crippen LogP contribution in [0.1, 0.15) is 63.3 Å². The van der Waals surface area contributed by atoms with Gasteiger partial charge in [-0.1, -0.05) is 87.5 Å². The van der Waals surface area contributed by atoms with Crippen LogP contribution in [0.2, 0.25) is 0 Å². The van der Waals surface area contributed by atoms with Crippen LogP contribution in [0.3, 0.4) is 0 Å². The maximum atomic E-state index is 13.3. The summed E-state index contributed by atoms with van der Waals surface area (Å²) in [6, 6.07) is 23.7. The molecule has 3 rings (SSSR count). The first-order valence-corrected chi connectivity index (χ1v) is 13.8. The first-order valence-electron chi connectivity index (χ1n) is 13.8. The highest BCUT2D eigenvalue weighted by Gasteiger charge is 2.35. The van der Waals surface area contributed by atoms with Crippen molar-refractivity contribution in [3.8, 4) is 11.5 Å². The van der Waals surface area contributed by atoms with Crippen LogP contribution in [0, 0.1) is 18.3 Å². The molecule has 0 saturated heterocycles. The van der Waals surface area contributed by atoms with E-state index in [2.05, 4.69) is 10.6 Å². The molecule has 0 aliphatic heterocycles. The summed E-state index contributed by atoms with van der Waals surface area (Å²) in [4.78, 5) is 38.2. The van der Waals surface area contributed by atoms with E-state index in [0.717, 1.165) is 28.2 Å². The number of amides is 2. The molecule has 0 bridgehead atoms. The van der Waals surface area contributed by atoms with E-state index in [4.69, 9.17) is 4.74 Å². The molecule has 2 amide bonds. The van der Waals surface area contributed by atoms with Crippen LogP contribution in [-0.2, 0) is 14.4 Å². The summed E-state index contributed by atoms with van der Waals surface area (Å²) in [5.41, 5.74) is 2.20. The van der Waals surface area contributed by atoms with E-state index in [-0.39, 0.29) is 24.8 Å². The summed E-state index contributed by atoms with van der Waals surface area (Å²) >= 11 is 0. The fourth-order valence-corrected chi connectivity index (χ4v) is 4.43. The van der Waals surface area contributed by atoms with Crippen LogP contribution in [0.15, 0.2) is 84.9 Å². The molecule has 0 heterocycles. The largest absolute Gasteiger partial charge is 0.481 e. The number of para-hydroxylation sites is 1. The number of carbonyl (C=O) groups excluding carboxylic acids is 2. The number of hydrogen-bond acceptors (Lipinski definition) is 4. The van der Waals surface area contributed by atoms with Crippen LogP contribution in [-0.4, -0.2) is 28.9 Å². The second-order valence-corrected chi connectivity index (χ2v) is 11.3. The van der Waals surface area contributed by atoms with Crippen LogP contribution >= 0.6 is 0 Å². The number of carbonyl (C=O) groups is 3. The summed E-state index contributed by atoms with van der Waals surface area (Å²) < 4.78 is 5.94. The number of aryl methyl sites for hydroxylation is 1. The third kappa shape index (κ3) is 9.64. The van der Waals surface area contributed by atoms with Gasteiger partial charge in [-0.2, -0.15) is 0 Å². The van der Waals surface area contributed by atoms with Crippen molar-refractivity contribution >= 4 is 23.9 Å². The van der Waals surface area contributed by atoms with E-state index in [1.807, 2.05) is 120 Å². The van der Waals surface area contributed by atoms with Gasteiger partial charge in [0, 0.05) is 0 Å². The molecule has 216 valence electrons. The maximum absolute atomic E-state index is 13.3. The molecule has 0 fully saturated rings. The quantitative estimate of drug-likeness (QED) is 0.231. The molecule has 3 aromatic rings. The number of aliphatic carboxylic acids is 1. The minimum atomic E-state index is -1.08. The lowest BCUT2D eigenvalue weighted by atomic mass is 9.85. The number of ether oxygens (including phenoxy) is 1. The van der Waals surface area contributed by atoms with Gasteiger partial charge in [-0.15, -0.1) is 0 Å². The van der Waals surface area contributed by atoms with Crippen LogP contribution in [0.4, 0.5) is 0 Å². The molecule has 3 atom stereocenters. The van der Waals surface area contributed by atoms with E-state index >= 15 is 0 Å². The number of carboxylic acids is 1.